The molecule has 27 heavy (non-hydrogen) atoms. The van der Waals surface area contributed by atoms with Crippen LogP contribution in [0.4, 0.5) is 11.4 Å². The van der Waals surface area contributed by atoms with E-state index in [0.29, 0.717) is 29.7 Å². The predicted molar refractivity (Wildman–Crippen MR) is 105 cm³/mol. The molecule has 0 radical (unpaired) electrons. The number of nitrogens with zero attached hydrogens (tertiary/aromatic N) is 3. The molecule has 1 amide bonds. The first-order valence-electron chi connectivity index (χ1n) is 9.53. The molecule has 0 saturated carbocycles. The Hall–Kier alpha value is -2.84. The van der Waals surface area contributed by atoms with Crippen LogP contribution in [0.1, 0.15) is 14.5 Å². The van der Waals surface area contributed by atoms with Gasteiger partial charge in [-0.05, 0) is 12.1 Å². The topological polar surface area (TPSA) is 90.2 Å². The second-order valence-electron chi connectivity index (χ2n) is 5.85. The number of fused-ring (bicyclic) bond motifs is 1. The molecular weight excluding hydrogens is 370 g/mol. The van der Waals surface area contributed by atoms with Crippen LogP contribution < -0.4 is 16.2 Å². The molecule has 0 saturated heterocycles. The molecule has 3 rings (SSSR count). The number of carbonyl (C=O) groups is 1. The van der Waals surface area contributed by atoms with E-state index in [0.717, 1.165) is 0 Å². The maximum Gasteiger partial charge on any atom is 0.262 e. The Bertz CT molecular complexity index is 1160. The molecule has 0 aromatic carbocycles. The average molecular weight is 393 g/mol. The zero-order chi connectivity index (χ0) is 22.1. The number of halogens is 1. The standard InChI is InChI=1S/C18H20ClN5O3/c1-20-17(25)11-9-21-15(19)8-12(11)22-13-10-23(2)14-4-5-24(6-7-27-3)18(26)16(13)14/h4-5,8-10H,6-7H2,1-3H3,(H,20,25)(H,21,22)/i1D3. The van der Waals surface area contributed by atoms with E-state index in [9.17, 15) is 9.59 Å². The highest BCUT2D eigenvalue weighted by atomic mass is 35.5. The van der Waals surface area contributed by atoms with E-state index >= 15 is 0 Å². The van der Waals surface area contributed by atoms with Crippen LogP contribution >= 0.6 is 11.6 Å². The first kappa shape index (κ1) is 15.2. The number of ether oxygens (including phenoxy) is 1. The lowest BCUT2D eigenvalue weighted by Crippen LogP contribution is -2.22. The molecular formula is C18H20ClN5O3. The molecule has 0 unspecified atom stereocenters. The van der Waals surface area contributed by atoms with E-state index in [1.807, 2.05) is 5.32 Å². The number of rotatable bonds is 6. The van der Waals surface area contributed by atoms with Crippen LogP contribution in [-0.2, 0) is 18.3 Å². The monoisotopic (exact) mass is 392 g/mol. The zero-order valence-corrected chi connectivity index (χ0v) is 15.5. The number of amides is 1. The Morgan fingerprint density at radius 3 is 3.00 bits per heavy atom. The summed E-state index contributed by atoms with van der Waals surface area (Å²) in [5.41, 5.74) is 1.08. The third-order valence-corrected chi connectivity index (χ3v) is 4.36. The molecule has 0 aliphatic carbocycles. The first-order valence-corrected chi connectivity index (χ1v) is 8.41. The number of pyridine rings is 2. The van der Waals surface area contributed by atoms with E-state index in [1.54, 1.807) is 37.2 Å². The lowest BCUT2D eigenvalue weighted by Gasteiger charge is -2.11. The highest BCUT2D eigenvalue weighted by molar-refractivity contribution is 6.29. The van der Waals surface area contributed by atoms with Gasteiger partial charge in [0, 0.05) is 50.4 Å². The third-order valence-electron chi connectivity index (χ3n) is 4.15. The summed E-state index contributed by atoms with van der Waals surface area (Å²) < 4.78 is 30.1. The Balaban J connectivity index is 2.07. The van der Waals surface area contributed by atoms with Crippen LogP contribution in [0.15, 0.2) is 35.5 Å². The van der Waals surface area contributed by atoms with Gasteiger partial charge in [0.25, 0.3) is 11.5 Å². The fraction of sp³-hybridized carbons (Fsp3) is 0.278. The van der Waals surface area contributed by atoms with Crippen molar-refractivity contribution in [2.75, 3.05) is 26.0 Å². The van der Waals surface area contributed by atoms with Gasteiger partial charge in [-0.2, -0.15) is 0 Å². The van der Waals surface area contributed by atoms with Crippen LogP contribution in [-0.4, -0.2) is 40.7 Å². The van der Waals surface area contributed by atoms with Crippen molar-refractivity contribution in [3.63, 3.8) is 0 Å². The van der Waals surface area contributed by atoms with Gasteiger partial charge in [0.05, 0.1) is 34.4 Å². The Morgan fingerprint density at radius 2 is 2.26 bits per heavy atom. The van der Waals surface area contributed by atoms with Crippen LogP contribution in [0.5, 0.6) is 0 Å². The number of nitrogens with one attached hydrogen (secondary N) is 2. The van der Waals surface area contributed by atoms with Gasteiger partial charge in [-0.15, -0.1) is 0 Å². The molecule has 0 aliphatic rings. The molecule has 3 heterocycles. The number of aromatic nitrogens is 3. The van der Waals surface area contributed by atoms with E-state index < -0.39 is 12.9 Å². The number of hydrogen-bond acceptors (Lipinski definition) is 5. The molecule has 2 N–H and O–H groups in total. The van der Waals surface area contributed by atoms with Gasteiger partial charge in [-0.1, -0.05) is 11.6 Å². The lowest BCUT2D eigenvalue weighted by molar-refractivity contribution is 0.0963. The van der Waals surface area contributed by atoms with Crippen molar-refractivity contribution in [2.45, 2.75) is 6.54 Å². The summed E-state index contributed by atoms with van der Waals surface area (Å²) >= 11 is 5.98. The first-order chi connectivity index (χ1) is 14.1. The number of aryl methyl sites for hydroxylation is 1. The Kier molecular flexibility index (Phi) is 4.41. The fourth-order valence-corrected chi connectivity index (χ4v) is 2.98. The summed E-state index contributed by atoms with van der Waals surface area (Å²) in [6.45, 7) is -1.91. The summed E-state index contributed by atoms with van der Waals surface area (Å²) in [4.78, 5) is 29.3. The van der Waals surface area contributed by atoms with Crippen molar-refractivity contribution in [3.8, 4) is 0 Å². The van der Waals surface area contributed by atoms with Crippen molar-refractivity contribution in [1.29, 1.82) is 0 Å². The molecule has 0 aliphatic heterocycles. The average Bonchev–Trinajstić information content (AvgIpc) is 2.96. The largest absolute Gasteiger partial charge is 0.383 e. The normalized spacial score (nSPS) is 13.1. The number of methoxy groups -OCH3 is 1. The third kappa shape index (κ3) is 3.67. The van der Waals surface area contributed by atoms with Gasteiger partial charge in [0.2, 0.25) is 0 Å². The van der Waals surface area contributed by atoms with Crippen molar-refractivity contribution >= 4 is 39.8 Å². The van der Waals surface area contributed by atoms with Crippen LogP contribution in [0.25, 0.3) is 10.9 Å². The second-order valence-corrected chi connectivity index (χ2v) is 6.24. The highest BCUT2D eigenvalue weighted by Gasteiger charge is 2.16. The quantitative estimate of drug-likeness (QED) is 0.627. The fourth-order valence-electron chi connectivity index (χ4n) is 2.83. The molecule has 0 atom stereocenters. The van der Waals surface area contributed by atoms with Crippen LogP contribution in [0.3, 0.4) is 0 Å². The van der Waals surface area contributed by atoms with Crippen LogP contribution in [0.2, 0.25) is 5.15 Å². The van der Waals surface area contributed by atoms with Gasteiger partial charge in [-0.3, -0.25) is 9.59 Å². The summed E-state index contributed by atoms with van der Waals surface area (Å²) in [7, 11) is 3.34. The minimum Gasteiger partial charge on any atom is -0.383 e. The summed E-state index contributed by atoms with van der Waals surface area (Å²) in [5, 5.41) is 5.46. The Labute approximate surface area is 164 Å². The number of carbonyl (C=O) groups excluding carboxylic acids is 1. The van der Waals surface area contributed by atoms with Crippen molar-refractivity contribution < 1.29 is 13.6 Å². The highest BCUT2D eigenvalue weighted by Crippen LogP contribution is 2.28. The minimum absolute atomic E-state index is 0.0248. The number of anilines is 2. The molecule has 0 spiro atoms. The summed E-state index contributed by atoms with van der Waals surface area (Å²) in [6, 6.07) is 3.20. The molecule has 0 bridgehead atoms. The second kappa shape index (κ2) is 7.81. The molecule has 9 heteroatoms. The van der Waals surface area contributed by atoms with Gasteiger partial charge in [0.15, 0.2) is 0 Å². The zero-order valence-electron chi connectivity index (χ0n) is 17.7. The Morgan fingerprint density at radius 1 is 1.44 bits per heavy atom. The van der Waals surface area contributed by atoms with Crippen molar-refractivity contribution in [2.24, 2.45) is 7.05 Å². The van der Waals surface area contributed by atoms with Crippen LogP contribution in [0, 0.1) is 0 Å². The predicted octanol–water partition coefficient (Wildman–Crippen LogP) is 2.14. The van der Waals surface area contributed by atoms with Gasteiger partial charge < -0.3 is 24.5 Å². The van der Waals surface area contributed by atoms with Crippen molar-refractivity contribution in [1.82, 2.24) is 19.4 Å². The summed E-state index contributed by atoms with van der Waals surface area (Å²) in [5.74, 6) is -0.848. The van der Waals surface area contributed by atoms with E-state index in [1.165, 1.54) is 16.8 Å². The molecule has 3 aromatic rings. The molecule has 142 valence electrons. The summed E-state index contributed by atoms with van der Waals surface area (Å²) in [6.07, 6.45) is 4.56. The maximum atomic E-state index is 13.0. The molecule has 8 nitrogen and oxygen atoms in total. The van der Waals surface area contributed by atoms with Gasteiger partial charge >= 0.3 is 0 Å². The van der Waals surface area contributed by atoms with E-state index in [-0.39, 0.29) is 22.0 Å². The van der Waals surface area contributed by atoms with Crippen molar-refractivity contribution in [3.05, 3.63) is 51.8 Å². The van der Waals surface area contributed by atoms with Gasteiger partial charge in [0.1, 0.15) is 5.15 Å². The maximum absolute atomic E-state index is 13.0. The minimum atomic E-state index is -2.66. The number of hydrogen-bond donors (Lipinski definition) is 2. The molecule has 0 fully saturated rings. The molecule has 3 aromatic heterocycles. The van der Waals surface area contributed by atoms with Gasteiger partial charge in [-0.25, -0.2) is 4.98 Å². The smallest absolute Gasteiger partial charge is 0.262 e. The lowest BCUT2D eigenvalue weighted by atomic mass is 10.2. The van der Waals surface area contributed by atoms with E-state index in [4.69, 9.17) is 20.5 Å². The van der Waals surface area contributed by atoms with E-state index in [2.05, 4.69) is 10.3 Å². The SMILES string of the molecule is [2H]C([2H])([2H])NC(=O)c1cnc(Cl)cc1Nc1cn(C)c2ccn(CCOC)c(=O)c12.